The van der Waals surface area contributed by atoms with Crippen LogP contribution in [-0.4, -0.2) is 52.7 Å². The van der Waals surface area contributed by atoms with E-state index in [0.29, 0.717) is 40.4 Å². The first-order valence-corrected chi connectivity index (χ1v) is 14.0. The van der Waals surface area contributed by atoms with E-state index in [-0.39, 0.29) is 17.0 Å². The standard InChI is InChI=1S/C33H30FN5O6/c1-3-13-35-14-7-16-44-30-19-26-23(18-29(30)43-2)27(12-15-36-26)45-28-11-10-21(17-25(28)34)37-20-24-31(40)38-33(42)39(32(24)41)22-8-5-4-6-9-22/h3-6,8-12,15,17-20,35,41H,1,7,13-14,16H2,2H3,(H,38,40,42). The molecule has 0 radical (unpaired) electrons. The summed E-state index contributed by atoms with van der Waals surface area (Å²) in [4.78, 5) is 35.5. The molecule has 0 aliphatic carbocycles. The summed E-state index contributed by atoms with van der Waals surface area (Å²) < 4.78 is 33.5. The highest BCUT2D eigenvalue weighted by Crippen LogP contribution is 2.38. The number of rotatable bonds is 13. The Bertz CT molecular complexity index is 1970. The highest BCUT2D eigenvalue weighted by Gasteiger charge is 2.16. The van der Waals surface area contributed by atoms with Gasteiger partial charge in [-0.05, 0) is 49.4 Å². The number of nitrogens with one attached hydrogen (secondary N) is 2. The fourth-order valence-electron chi connectivity index (χ4n) is 4.46. The molecule has 5 aromatic rings. The van der Waals surface area contributed by atoms with E-state index < -0.39 is 22.9 Å². The van der Waals surface area contributed by atoms with Crippen molar-refractivity contribution in [1.82, 2.24) is 19.9 Å². The fourth-order valence-corrected chi connectivity index (χ4v) is 4.46. The first kappa shape index (κ1) is 30.7. The largest absolute Gasteiger partial charge is 0.493 e. The van der Waals surface area contributed by atoms with E-state index >= 15 is 4.39 Å². The van der Waals surface area contributed by atoms with Crippen molar-refractivity contribution in [2.24, 2.45) is 4.99 Å². The van der Waals surface area contributed by atoms with Gasteiger partial charge in [-0.1, -0.05) is 24.3 Å². The number of aromatic nitrogens is 3. The number of benzene rings is 3. The number of para-hydroxylation sites is 1. The van der Waals surface area contributed by atoms with Crippen molar-refractivity contribution in [2.45, 2.75) is 6.42 Å². The zero-order valence-electron chi connectivity index (χ0n) is 24.3. The van der Waals surface area contributed by atoms with Gasteiger partial charge in [-0.3, -0.25) is 19.8 Å². The quantitative estimate of drug-likeness (QED) is 0.0959. The molecule has 0 atom stereocenters. The lowest BCUT2D eigenvalue weighted by Gasteiger charge is -2.14. The van der Waals surface area contributed by atoms with Crippen molar-refractivity contribution in [1.29, 1.82) is 0 Å². The number of nitrogens with zero attached hydrogens (tertiary/aromatic N) is 3. The van der Waals surface area contributed by atoms with E-state index in [2.05, 4.69) is 26.9 Å². The van der Waals surface area contributed by atoms with Crippen molar-refractivity contribution in [2.75, 3.05) is 26.8 Å². The molecule has 0 bridgehead atoms. The summed E-state index contributed by atoms with van der Waals surface area (Å²) in [6.45, 7) is 5.64. The number of halogens is 1. The molecular weight excluding hydrogens is 581 g/mol. The van der Waals surface area contributed by atoms with Crippen LogP contribution in [0.5, 0.6) is 28.9 Å². The number of aromatic amines is 1. The lowest BCUT2D eigenvalue weighted by molar-refractivity contribution is 0.288. The Morgan fingerprint density at radius 3 is 2.64 bits per heavy atom. The molecular formula is C33H30FN5O6. The highest BCUT2D eigenvalue weighted by molar-refractivity contribution is 5.88. The van der Waals surface area contributed by atoms with Crippen LogP contribution in [0, 0.1) is 5.82 Å². The third-order valence-corrected chi connectivity index (χ3v) is 6.64. The second-order valence-electron chi connectivity index (χ2n) is 9.67. The minimum atomic E-state index is -0.845. The Morgan fingerprint density at radius 1 is 1.07 bits per heavy atom. The van der Waals surface area contributed by atoms with Gasteiger partial charge >= 0.3 is 5.69 Å². The van der Waals surface area contributed by atoms with Crippen LogP contribution in [0.1, 0.15) is 12.0 Å². The first-order valence-electron chi connectivity index (χ1n) is 14.0. The maximum Gasteiger partial charge on any atom is 0.335 e. The molecule has 0 spiro atoms. The molecule has 2 aromatic heterocycles. The van der Waals surface area contributed by atoms with Crippen LogP contribution in [-0.2, 0) is 0 Å². The zero-order chi connectivity index (χ0) is 31.8. The summed E-state index contributed by atoms with van der Waals surface area (Å²) >= 11 is 0. The number of fused-ring (bicyclic) bond motifs is 1. The lowest BCUT2D eigenvalue weighted by Crippen LogP contribution is -2.31. The smallest absolute Gasteiger partial charge is 0.335 e. The molecule has 0 amide bonds. The first-order chi connectivity index (χ1) is 21.9. The van der Waals surface area contributed by atoms with Gasteiger partial charge in [0.05, 0.1) is 30.6 Å². The van der Waals surface area contributed by atoms with Gasteiger partial charge in [-0.25, -0.2) is 13.8 Å². The summed E-state index contributed by atoms with van der Waals surface area (Å²) in [5.41, 5.74) is -0.885. The second-order valence-corrected chi connectivity index (χ2v) is 9.67. The van der Waals surface area contributed by atoms with E-state index in [1.807, 2.05) is 0 Å². The predicted octanol–water partition coefficient (Wildman–Crippen LogP) is 5.01. The molecule has 0 saturated carbocycles. The third-order valence-electron chi connectivity index (χ3n) is 6.64. The van der Waals surface area contributed by atoms with Crippen LogP contribution >= 0.6 is 0 Å². The number of pyridine rings is 1. The molecule has 3 N–H and O–H groups in total. The third kappa shape index (κ3) is 7.08. The second kappa shape index (κ2) is 14.1. The van der Waals surface area contributed by atoms with Crippen LogP contribution < -0.4 is 30.8 Å². The molecule has 0 fully saturated rings. The molecule has 45 heavy (non-hydrogen) atoms. The van der Waals surface area contributed by atoms with Crippen molar-refractivity contribution in [3.8, 4) is 34.6 Å². The van der Waals surface area contributed by atoms with Gasteiger partial charge < -0.3 is 24.6 Å². The van der Waals surface area contributed by atoms with Crippen LogP contribution in [0.4, 0.5) is 10.1 Å². The topological polar surface area (TPSA) is 140 Å². The number of hydrogen-bond donors (Lipinski definition) is 3. The Labute approximate surface area is 256 Å². The van der Waals surface area contributed by atoms with Crippen molar-refractivity contribution in [3.63, 3.8) is 0 Å². The van der Waals surface area contributed by atoms with E-state index in [0.717, 1.165) is 36.4 Å². The van der Waals surface area contributed by atoms with Gasteiger partial charge in [0.1, 0.15) is 11.3 Å². The van der Waals surface area contributed by atoms with E-state index in [4.69, 9.17) is 14.2 Å². The minimum absolute atomic E-state index is 0.0777. The molecule has 0 unspecified atom stereocenters. The Kier molecular flexibility index (Phi) is 9.65. The summed E-state index contributed by atoms with van der Waals surface area (Å²) in [6, 6.07) is 17.3. The molecule has 230 valence electrons. The van der Waals surface area contributed by atoms with Gasteiger partial charge in [-0.2, -0.15) is 0 Å². The molecule has 5 rings (SSSR count). The molecule has 2 heterocycles. The summed E-state index contributed by atoms with van der Waals surface area (Å²) in [5, 5.41) is 14.5. The van der Waals surface area contributed by atoms with Crippen LogP contribution in [0.3, 0.4) is 0 Å². The monoisotopic (exact) mass is 611 g/mol. The van der Waals surface area contributed by atoms with Crippen LogP contribution in [0.15, 0.2) is 100 Å². The number of aliphatic imine (C=N–C) groups is 1. The number of ether oxygens (including phenoxy) is 3. The predicted molar refractivity (Wildman–Crippen MR) is 170 cm³/mol. The van der Waals surface area contributed by atoms with Gasteiger partial charge in [0.2, 0.25) is 5.88 Å². The van der Waals surface area contributed by atoms with Gasteiger partial charge in [0.15, 0.2) is 23.1 Å². The summed E-state index contributed by atoms with van der Waals surface area (Å²) in [6.07, 6.45) is 5.18. The Balaban J connectivity index is 1.36. The normalized spacial score (nSPS) is 11.2. The minimum Gasteiger partial charge on any atom is -0.493 e. The van der Waals surface area contributed by atoms with Crippen molar-refractivity contribution >= 4 is 22.8 Å². The average molecular weight is 612 g/mol. The van der Waals surface area contributed by atoms with Crippen LogP contribution in [0.2, 0.25) is 0 Å². The molecule has 0 saturated heterocycles. The molecule has 11 nitrogen and oxygen atoms in total. The summed E-state index contributed by atoms with van der Waals surface area (Å²) in [5.74, 6) is -0.0660. The summed E-state index contributed by atoms with van der Waals surface area (Å²) in [7, 11) is 1.53. The van der Waals surface area contributed by atoms with Crippen molar-refractivity contribution in [3.05, 3.63) is 118 Å². The fraction of sp³-hybridized carbons (Fsp3) is 0.152. The Hall–Kier alpha value is -5.75. The van der Waals surface area contributed by atoms with Gasteiger partial charge in [0, 0.05) is 36.5 Å². The molecule has 0 aliphatic heterocycles. The average Bonchev–Trinajstić information content (AvgIpc) is 3.04. The number of aromatic hydroxyl groups is 1. The maximum atomic E-state index is 15.2. The zero-order valence-corrected chi connectivity index (χ0v) is 24.3. The van der Waals surface area contributed by atoms with E-state index in [9.17, 15) is 14.7 Å². The molecule has 0 aliphatic rings. The molecule has 12 heteroatoms. The van der Waals surface area contributed by atoms with E-state index in [1.54, 1.807) is 60.8 Å². The van der Waals surface area contributed by atoms with E-state index in [1.165, 1.54) is 19.2 Å². The molecule has 3 aromatic carbocycles. The lowest BCUT2D eigenvalue weighted by atomic mass is 10.1. The van der Waals surface area contributed by atoms with Gasteiger partial charge in [-0.15, -0.1) is 6.58 Å². The number of methoxy groups -OCH3 is 1. The maximum absolute atomic E-state index is 15.2. The number of hydrogen-bond acceptors (Lipinski definition) is 9. The number of H-pyrrole nitrogens is 1. The van der Waals surface area contributed by atoms with Crippen molar-refractivity contribution < 1.29 is 23.7 Å². The highest BCUT2D eigenvalue weighted by atomic mass is 19.1. The SMILES string of the molecule is C=CCNCCCOc1cc2nccc(Oc3ccc(N=Cc4c(O)n(-c5ccccc5)c(=O)[nH]c4=O)cc3F)c2cc1OC. The van der Waals surface area contributed by atoms with Gasteiger partial charge in [0.25, 0.3) is 5.56 Å². The Morgan fingerprint density at radius 2 is 1.89 bits per heavy atom. The van der Waals surface area contributed by atoms with Crippen LogP contribution in [0.25, 0.3) is 16.6 Å².